The van der Waals surface area contributed by atoms with Crippen LogP contribution in [0, 0.1) is 29.1 Å². The molecule has 6 rings (SSSR count). The van der Waals surface area contributed by atoms with Crippen LogP contribution in [0.15, 0.2) is 41.8 Å². The van der Waals surface area contributed by atoms with Crippen molar-refractivity contribution in [3.05, 3.63) is 81.3 Å². The maximum absolute atomic E-state index is 14.0. The molecule has 0 radical (unpaired) electrons. The zero-order valence-corrected chi connectivity index (χ0v) is 17.3. The summed E-state index contributed by atoms with van der Waals surface area (Å²) in [6, 6.07) is 12.3. The lowest BCUT2D eigenvalue weighted by atomic mass is 9.79. The van der Waals surface area contributed by atoms with Gasteiger partial charge in [-0.3, -0.25) is 0 Å². The van der Waals surface area contributed by atoms with Gasteiger partial charge in [0.05, 0.1) is 0 Å². The topological polar surface area (TPSA) is 0 Å². The highest BCUT2D eigenvalue weighted by molar-refractivity contribution is 7.20. The molecule has 0 amide bonds. The molecule has 0 N–H and O–H groups in total. The van der Waals surface area contributed by atoms with Gasteiger partial charge >= 0.3 is 0 Å². The molecule has 2 aromatic heterocycles. The van der Waals surface area contributed by atoms with Crippen LogP contribution in [0.1, 0.15) is 10.4 Å². The molecule has 1 aliphatic carbocycles. The Bertz CT molecular complexity index is 1510. The van der Waals surface area contributed by atoms with E-state index in [9.17, 15) is 22.0 Å². The van der Waals surface area contributed by atoms with Gasteiger partial charge in [0.2, 0.25) is 5.82 Å². The van der Waals surface area contributed by atoms with Crippen LogP contribution in [0.3, 0.4) is 0 Å². The molecule has 0 spiro atoms. The molecule has 0 atom stereocenters. The second-order valence-corrected chi connectivity index (χ2v) is 9.55. The molecule has 0 fully saturated rings. The lowest BCUT2D eigenvalue weighted by molar-refractivity contribution is 0.370. The van der Waals surface area contributed by atoms with Gasteiger partial charge < -0.3 is 0 Å². The van der Waals surface area contributed by atoms with Gasteiger partial charge in [-0.25, -0.2) is 22.0 Å². The van der Waals surface area contributed by atoms with E-state index in [1.807, 2.05) is 12.1 Å². The minimum atomic E-state index is -2.13. The van der Waals surface area contributed by atoms with Crippen molar-refractivity contribution >= 4 is 42.8 Å². The van der Waals surface area contributed by atoms with Gasteiger partial charge in [0.25, 0.3) is 0 Å². The first-order valence-corrected chi connectivity index (χ1v) is 11.2. The van der Waals surface area contributed by atoms with Crippen molar-refractivity contribution in [1.29, 1.82) is 0 Å². The summed E-state index contributed by atoms with van der Waals surface area (Å²) < 4.78 is 70.5. The summed E-state index contributed by atoms with van der Waals surface area (Å²) in [4.78, 5) is 0.831. The molecule has 2 heterocycles. The molecule has 0 bridgehead atoms. The van der Waals surface area contributed by atoms with Crippen molar-refractivity contribution in [3.8, 4) is 22.3 Å². The van der Waals surface area contributed by atoms with Crippen LogP contribution in [0.2, 0.25) is 0 Å². The van der Waals surface area contributed by atoms with Crippen molar-refractivity contribution in [2.45, 2.75) is 12.8 Å². The van der Waals surface area contributed by atoms with Crippen molar-refractivity contribution in [2.24, 2.45) is 0 Å². The third-order valence-corrected chi connectivity index (χ3v) is 8.00. The molecule has 1 aliphatic rings. The second kappa shape index (κ2) is 6.61. The first kappa shape index (κ1) is 19.0. The Hall–Kier alpha value is -2.77. The van der Waals surface area contributed by atoms with E-state index in [2.05, 4.69) is 29.6 Å². The first-order chi connectivity index (χ1) is 15.0. The van der Waals surface area contributed by atoms with Crippen LogP contribution in [-0.4, -0.2) is 0 Å². The van der Waals surface area contributed by atoms with E-state index in [1.54, 1.807) is 11.3 Å². The Morgan fingerprint density at radius 3 is 1.94 bits per heavy atom. The molecule has 3 aromatic carbocycles. The highest BCUT2D eigenvalue weighted by Gasteiger charge is 2.29. The van der Waals surface area contributed by atoms with Crippen LogP contribution in [0.4, 0.5) is 22.0 Å². The van der Waals surface area contributed by atoms with Crippen LogP contribution < -0.4 is 0 Å². The van der Waals surface area contributed by atoms with E-state index < -0.39 is 34.6 Å². The summed E-state index contributed by atoms with van der Waals surface area (Å²) in [5.74, 6) is -9.43. The third-order valence-electron chi connectivity index (χ3n) is 5.82. The van der Waals surface area contributed by atoms with Crippen molar-refractivity contribution in [1.82, 2.24) is 0 Å². The molecule has 0 aliphatic heterocycles. The molecule has 5 aromatic rings. The largest absolute Gasteiger partial charge is 0.203 e. The highest BCUT2D eigenvalue weighted by Crippen LogP contribution is 2.55. The van der Waals surface area contributed by atoms with Crippen molar-refractivity contribution in [3.63, 3.8) is 0 Å². The highest BCUT2D eigenvalue weighted by atomic mass is 32.1. The SMILES string of the molecule is Fc1c(F)c(F)c(CCc2cc3ccc4c(c3s2)-c2ccc3ccsc3c2-4)c(F)c1F. The summed E-state index contributed by atoms with van der Waals surface area (Å²) in [7, 11) is 0. The van der Waals surface area contributed by atoms with Gasteiger partial charge in [0, 0.05) is 31.0 Å². The van der Waals surface area contributed by atoms with E-state index in [-0.39, 0.29) is 12.8 Å². The molecule has 0 saturated carbocycles. The predicted octanol–water partition coefficient (Wildman–Crippen LogP) is 8.24. The number of benzene rings is 3. The number of rotatable bonds is 3. The van der Waals surface area contributed by atoms with Gasteiger partial charge in [0.15, 0.2) is 23.3 Å². The maximum atomic E-state index is 14.0. The van der Waals surface area contributed by atoms with E-state index in [0.717, 1.165) is 20.5 Å². The van der Waals surface area contributed by atoms with Gasteiger partial charge in [0.1, 0.15) is 0 Å². The third kappa shape index (κ3) is 2.56. The Balaban J connectivity index is 1.37. The Kier molecular flexibility index (Phi) is 4.04. The monoisotopic (exact) mass is 458 g/mol. The molecule has 0 unspecified atom stereocenters. The molecule has 7 heteroatoms. The van der Waals surface area contributed by atoms with Gasteiger partial charge in [-0.2, -0.15) is 0 Å². The number of halogens is 5. The first-order valence-electron chi connectivity index (χ1n) is 9.52. The number of thiophene rings is 2. The normalized spacial score (nSPS) is 12.3. The molecule has 0 nitrogen and oxygen atoms in total. The zero-order chi connectivity index (χ0) is 21.4. The number of fused-ring (bicyclic) bond motifs is 8. The number of hydrogen-bond donors (Lipinski definition) is 0. The van der Waals surface area contributed by atoms with Crippen molar-refractivity contribution < 1.29 is 22.0 Å². The minimum Gasteiger partial charge on any atom is -0.203 e. The summed E-state index contributed by atoms with van der Waals surface area (Å²) in [6.07, 6.45) is -0.0868. The zero-order valence-electron chi connectivity index (χ0n) is 15.7. The predicted molar refractivity (Wildman–Crippen MR) is 115 cm³/mol. The molecule has 31 heavy (non-hydrogen) atoms. The van der Waals surface area contributed by atoms with Crippen molar-refractivity contribution in [2.75, 3.05) is 0 Å². The molecular formula is C24H11F5S2. The summed E-state index contributed by atoms with van der Waals surface area (Å²) in [5.41, 5.74) is 4.01. The minimum absolute atomic E-state index is 0.184. The Morgan fingerprint density at radius 1 is 0.613 bits per heavy atom. The number of aryl methyl sites for hydroxylation is 1. The average Bonchev–Trinajstić information content (AvgIpc) is 3.38. The fourth-order valence-electron chi connectivity index (χ4n) is 4.32. The second-order valence-electron chi connectivity index (χ2n) is 7.49. The lowest BCUT2D eigenvalue weighted by Gasteiger charge is -2.25. The van der Waals surface area contributed by atoms with E-state index >= 15 is 0 Å². The fraction of sp³-hybridized carbons (Fsp3) is 0.0833. The van der Waals surface area contributed by atoms with Crippen LogP contribution in [-0.2, 0) is 12.8 Å². The molecular weight excluding hydrogens is 447 g/mol. The smallest absolute Gasteiger partial charge is 0.200 e. The van der Waals surface area contributed by atoms with Crippen LogP contribution in [0.25, 0.3) is 42.4 Å². The molecule has 0 saturated heterocycles. The Morgan fingerprint density at radius 2 is 1.23 bits per heavy atom. The fourth-order valence-corrected chi connectivity index (χ4v) is 6.50. The van der Waals surface area contributed by atoms with E-state index in [4.69, 9.17) is 0 Å². The van der Waals surface area contributed by atoms with Gasteiger partial charge in [-0.1, -0.05) is 24.3 Å². The van der Waals surface area contributed by atoms with E-state index in [1.165, 1.54) is 38.1 Å². The maximum Gasteiger partial charge on any atom is 0.200 e. The van der Waals surface area contributed by atoms with Gasteiger partial charge in [-0.05, 0) is 52.3 Å². The van der Waals surface area contributed by atoms with Crippen LogP contribution in [0.5, 0.6) is 0 Å². The summed E-state index contributed by atoms with van der Waals surface area (Å²) >= 11 is 3.21. The summed E-state index contributed by atoms with van der Waals surface area (Å²) in [5, 5.41) is 4.29. The average molecular weight is 458 g/mol. The Labute approximate surface area is 181 Å². The van der Waals surface area contributed by atoms with E-state index in [0.29, 0.717) is 0 Å². The quantitative estimate of drug-likeness (QED) is 0.142. The standard InChI is InChI=1S/C24H11F5S2/c25-18-15(19(26)21(28)22(29)20(18)27)6-3-12-9-11-2-5-14-16-13(17(14)24(11)31-12)4-1-10-7-8-30-23(10)16/h1-2,4-5,7-9H,3,6H2. The van der Waals surface area contributed by atoms with Crippen LogP contribution >= 0.6 is 22.7 Å². The summed E-state index contributed by atoms with van der Waals surface area (Å²) in [6.45, 7) is 0. The number of hydrogen-bond acceptors (Lipinski definition) is 2. The molecule has 154 valence electrons. The van der Waals surface area contributed by atoms with Gasteiger partial charge in [-0.15, -0.1) is 22.7 Å². The lowest BCUT2D eigenvalue weighted by Crippen LogP contribution is -2.08.